The van der Waals surface area contributed by atoms with Gasteiger partial charge in [-0.1, -0.05) is 30.3 Å². The van der Waals surface area contributed by atoms with Crippen LogP contribution >= 0.6 is 0 Å². The zero-order chi connectivity index (χ0) is 12.1. The van der Waals surface area contributed by atoms with Crippen LogP contribution in [0.15, 0.2) is 30.3 Å². The first-order chi connectivity index (χ1) is 8.31. The van der Waals surface area contributed by atoms with E-state index >= 15 is 0 Å². The molecule has 1 unspecified atom stereocenters. The summed E-state index contributed by atoms with van der Waals surface area (Å²) in [6.45, 7) is 4.76. The highest BCUT2D eigenvalue weighted by molar-refractivity contribution is 5.18. The van der Waals surface area contributed by atoms with Crippen LogP contribution in [-0.4, -0.2) is 29.7 Å². The zero-order valence-electron chi connectivity index (χ0n) is 10.7. The average molecular weight is 233 g/mol. The van der Waals surface area contributed by atoms with Gasteiger partial charge in [0, 0.05) is 25.7 Å². The smallest absolute Gasteiger partial charge is 0.0443 e. The summed E-state index contributed by atoms with van der Waals surface area (Å²) in [4.78, 5) is 2.52. The molecule has 1 aliphatic rings. The summed E-state index contributed by atoms with van der Waals surface area (Å²) in [6.07, 6.45) is 3.65. The molecule has 1 N–H and O–H groups in total. The van der Waals surface area contributed by atoms with Crippen LogP contribution in [0.3, 0.4) is 0 Å². The molecule has 1 saturated carbocycles. The molecule has 1 aliphatic carbocycles. The number of hydrogen-bond donors (Lipinski definition) is 1. The van der Waals surface area contributed by atoms with Crippen molar-refractivity contribution >= 4 is 0 Å². The van der Waals surface area contributed by atoms with Gasteiger partial charge in [0.05, 0.1) is 0 Å². The van der Waals surface area contributed by atoms with Crippen molar-refractivity contribution < 1.29 is 5.11 Å². The Morgan fingerprint density at radius 3 is 2.59 bits per heavy atom. The molecule has 0 radical (unpaired) electrons. The predicted octanol–water partition coefficient (Wildman–Crippen LogP) is 2.84. The highest BCUT2D eigenvalue weighted by Gasteiger charge is 2.26. The molecule has 94 valence electrons. The Labute approximate surface area is 104 Å². The first-order valence-corrected chi connectivity index (χ1v) is 6.71. The molecule has 1 atom stereocenters. The largest absolute Gasteiger partial charge is 0.396 e. The number of benzene rings is 1. The molecule has 0 aromatic heterocycles. The van der Waals surface area contributed by atoms with E-state index in [1.54, 1.807) is 0 Å². The van der Waals surface area contributed by atoms with E-state index in [0.717, 1.165) is 18.9 Å². The lowest BCUT2D eigenvalue weighted by atomic mass is 10.1. The van der Waals surface area contributed by atoms with Gasteiger partial charge < -0.3 is 5.11 Å². The third-order valence-electron chi connectivity index (χ3n) is 3.62. The van der Waals surface area contributed by atoms with Crippen LogP contribution in [-0.2, 0) is 0 Å². The summed E-state index contributed by atoms with van der Waals surface area (Å²) < 4.78 is 0. The minimum Gasteiger partial charge on any atom is -0.396 e. The fourth-order valence-electron chi connectivity index (χ4n) is 2.29. The SMILES string of the molecule is CC(c1ccccc1)N(CCCO)CC1CC1. The van der Waals surface area contributed by atoms with Gasteiger partial charge in [-0.05, 0) is 37.7 Å². The third kappa shape index (κ3) is 3.83. The quantitative estimate of drug-likeness (QED) is 0.783. The molecule has 2 nitrogen and oxygen atoms in total. The zero-order valence-corrected chi connectivity index (χ0v) is 10.7. The highest BCUT2D eigenvalue weighted by Crippen LogP contribution is 2.32. The number of nitrogens with zero attached hydrogens (tertiary/aromatic N) is 1. The van der Waals surface area contributed by atoms with Crippen molar-refractivity contribution in [3.63, 3.8) is 0 Å². The third-order valence-corrected chi connectivity index (χ3v) is 3.62. The molecule has 0 amide bonds. The van der Waals surface area contributed by atoms with Gasteiger partial charge in [-0.2, -0.15) is 0 Å². The molecular formula is C15H23NO. The Kier molecular flexibility index (Phi) is 4.57. The van der Waals surface area contributed by atoms with Gasteiger partial charge in [-0.15, -0.1) is 0 Å². The molecular weight excluding hydrogens is 210 g/mol. The first kappa shape index (κ1) is 12.6. The minimum absolute atomic E-state index is 0.294. The number of hydrogen-bond acceptors (Lipinski definition) is 2. The standard InChI is InChI=1S/C15H23NO/c1-13(15-6-3-2-4-7-15)16(10-5-11-17)12-14-8-9-14/h2-4,6-7,13-14,17H,5,8-12H2,1H3. The van der Waals surface area contributed by atoms with Gasteiger partial charge in [0.25, 0.3) is 0 Å². The lowest BCUT2D eigenvalue weighted by Gasteiger charge is -2.29. The maximum absolute atomic E-state index is 8.99. The molecule has 17 heavy (non-hydrogen) atoms. The Morgan fingerprint density at radius 1 is 1.29 bits per heavy atom. The van der Waals surface area contributed by atoms with Crippen LogP contribution in [0.1, 0.15) is 37.8 Å². The highest BCUT2D eigenvalue weighted by atomic mass is 16.3. The normalized spacial score (nSPS) is 17.4. The predicted molar refractivity (Wildman–Crippen MR) is 70.9 cm³/mol. The van der Waals surface area contributed by atoms with Crippen LogP contribution in [0.2, 0.25) is 0 Å². The molecule has 0 aliphatic heterocycles. The minimum atomic E-state index is 0.294. The van der Waals surface area contributed by atoms with E-state index in [0.29, 0.717) is 12.6 Å². The lowest BCUT2D eigenvalue weighted by molar-refractivity contribution is 0.177. The molecule has 1 fully saturated rings. The number of aliphatic hydroxyl groups is 1. The molecule has 2 heteroatoms. The van der Waals surface area contributed by atoms with E-state index in [4.69, 9.17) is 5.11 Å². The van der Waals surface area contributed by atoms with Crippen molar-refractivity contribution in [1.82, 2.24) is 4.90 Å². The topological polar surface area (TPSA) is 23.5 Å². The van der Waals surface area contributed by atoms with Gasteiger partial charge in [-0.3, -0.25) is 4.90 Å². The number of rotatable bonds is 7. The summed E-state index contributed by atoms with van der Waals surface area (Å²) in [5, 5.41) is 8.99. The van der Waals surface area contributed by atoms with Crippen LogP contribution in [0.5, 0.6) is 0 Å². The molecule has 0 saturated heterocycles. The second-order valence-electron chi connectivity index (χ2n) is 5.10. The van der Waals surface area contributed by atoms with Crippen LogP contribution in [0, 0.1) is 5.92 Å². The Hall–Kier alpha value is -0.860. The van der Waals surface area contributed by atoms with Crippen LogP contribution < -0.4 is 0 Å². The molecule has 1 aromatic rings. The fourth-order valence-corrected chi connectivity index (χ4v) is 2.29. The second-order valence-corrected chi connectivity index (χ2v) is 5.10. The molecule has 0 heterocycles. The Morgan fingerprint density at radius 2 is 2.00 bits per heavy atom. The van der Waals surface area contributed by atoms with Crippen LogP contribution in [0.4, 0.5) is 0 Å². The van der Waals surface area contributed by atoms with Crippen molar-refractivity contribution in [3.05, 3.63) is 35.9 Å². The lowest BCUT2D eigenvalue weighted by Crippen LogP contribution is -2.30. The van der Waals surface area contributed by atoms with E-state index in [9.17, 15) is 0 Å². The summed E-state index contributed by atoms with van der Waals surface area (Å²) >= 11 is 0. The van der Waals surface area contributed by atoms with E-state index in [1.165, 1.54) is 24.9 Å². The van der Waals surface area contributed by atoms with Crippen molar-refractivity contribution in [2.45, 2.75) is 32.2 Å². The monoisotopic (exact) mass is 233 g/mol. The van der Waals surface area contributed by atoms with Crippen molar-refractivity contribution in [3.8, 4) is 0 Å². The average Bonchev–Trinajstić information content (AvgIpc) is 3.18. The van der Waals surface area contributed by atoms with E-state index in [2.05, 4.69) is 42.2 Å². The first-order valence-electron chi connectivity index (χ1n) is 6.71. The maximum atomic E-state index is 8.99. The summed E-state index contributed by atoms with van der Waals surface area (Å²) in [5.74, 6) is 0.903. The van der Waals surface area contributed by atoms with Crippen molar-refractivity contribution in [2.75, 3.05) is 19.7 Å². The molecule has 2 rings (SSSR count). The van der Waals surface area contributed by atoms with E-state index in [1.807, 2.05) is 0 Å². The van der Waals surface area contributed by atoms with Gasteiger partial charge in [0.1, 0.15) is 0 Å². The summed E-state index contributed by atoms with van der Waals surface area (Å²) in [7, 11) is 0. The van der Waals surface area contributed by atoms with Crippen molar-refractivity contribution in [2.24, 2.45) is 5.92 Å². The van der Waals surface area contributed by atoms with Crippen molar-refractivity contribution in [1.29, 1.82) is 0 Å². The Balaban J connectivity index is 1.97. The fraction of sp³-hybridized carbons (Fsp3) is 0.600. The summed E-state index contributed by atoms with van der Waals surface area (Å²) in [6, 6.07) is 11.1. The van der Waals surface area contributed by atoms with E-state index in [-0.39, 0.29) is 0 Å². The Bertz CT molecular complexity index is 321. The van der Waals surface area contributed by atoms with Gasteiger partial charge in [0.15, 0.2) is 0 Å². The molecule has 0 spiro atoms. The maximum Gasteiger partial charge on any atom is 0.0443 e. The van der Waals surface area contributed by atoms with Gasteiger partial charge >= 0.3 is 0 Å². The molecule has 0 bridgehead atoms. The summed E-state index contributed by atoms with van der Waals surface area (Å²) in [5.41, 5.74) is 1.38. The van der Waals surface area contributed by atoms with E-state index < -0.39 is 0 Å². The van der Waals surface area contributed by atoms with Gasteiger partial charge in [0.2, 0.25) is 0 Å². The van der Waals surface area contributed by atoms with Gasteiger partial charge in [-0.25, -0.2) is 0 Å². The van der Waals surface area contributed by atoms with Crippen LogP contribution in [0.25, 0.3) is 0 Å². The number of aliphatic hydroxyl groups excluding tert-OH is 1. The molecule has 1 aromatic carbocycles. The second kappa shape index (κ2) is 6.18.